The fraction of sp³-hybridized carbons (Fsp3) is 0.500. The SMILES string of the molecule is OCC1(Cc2ccccc2F)CCCN(C2CCN(c3ccccc3F)CC2)C1. The van der Waals surface area contributed by atoms with Gasteiger partial charge in [-0.1, -0.05) is 30.3 Å². The van der Waals surface area contributed by atoms with Crippen molar-refractivity contribution < 1.29 is 13.9 Å². The molecule has 29 heavy (non-hydrogen) atoms. The molecule has 156 valence electrons. The van der Waals surface area contributed by atoms with E-state index in [0.29, 0.717) is 23.7 Å². The van der Waals surface area contributed by atoms with Gasteiger partial charge in [-0.3, -0.25) is 4.90 Å². The van der Waals surface area contributed by atoms with Crippen molar-refractivity contribution in [1.29, 1.82) is 0 Å². The molecular formula is C24H30F2N2O. The highest BCUT2D eigenvalue weighted by Gasteiger charge is 2.38. The summed E-state index contributed by atoms with van der Waals surface area (Å²) < 4.78 is 28.3. The zero-order valence-corrected chi connectivity index (χ0v) is 16.9. The van der Waals surface area contributed by atoms with E-state index >= 15 is 0 Å². The van der Waals surface area contributed by atoms with Gasteiger partial charge in [-0.05, 0) is 62.4 Å². The molecule has 0 radical (unpaired) electrons. The highest BCUT2D eigenvalue weighted by atomic mass is 19.1. The lowest BCUT2D eigenvalue weighted by atomic mass is 9.75. The average molecular weight is 401 g/mol. The quantitative estimate of drug-likeness (QED) is 0.813. The zero-order chi connectivity index (χ0) is 20.3. The summed E-state index contributed by atoms with van der Waals surface area (Å²) in [6, 6.07) is 14.3. The van der Waals surface area contributed by atoms with Crippen LogP contribution in [0.3, 0.4) is 0 Å². The summed E-state index contributed by atoms with van der Waals surface area (Å²) in [5, 5.41) is 10.2. The molecule has 2 heterocycles. The first-order valence-electron chi connectivity index (χ1n) is 10.7. The molecule has 4 rings (SSSR count). The van der Waals surface area contributed by atoms with Crippen LogP contribution in [0.1, 0.15) is 31.2 Å². The van der Waals surface area contributed by atoms with Crippen LogP contribution in [0.15, 0.2) is 48.5 Å². The van der Waals surface area contributed by atoms with Crippen LogP contribution in [0.25, 0.3) is 0 Å². The van der Waals surface area contributed by atoms with Crippen LogP contribution in [-0.4, -0.2) is 48.8 Å². The van der Waals surface area contributed by atoms with Gasteiger partial charge in [0.25, 0.3) is 0 Å². The van der Waals surface area contributed by atoms with Crippen LogP contribution >= 0.6 is 0 Å². The Labute approximate surface area is 172 Å². The van der Waals surface area contributed by atoms with E-state index in [-0.39, 0.29) is 23.7 Å². The van der Waals surface area contributed by atoms with Crippen molar-refractivity contribution in [3.63, 3.8) is 0 Å². The van der Waals surface area contributed by atoms with E-state index in [4.69, 9.17) is 0 Å². The Bertz CT molecular complexity index is 822. The molecule has 2 fully saturated rings. The number of hydrogen-bond acceptors (Lipinski definition) is 3. The van der Waals surface area contributed by atoms with E-state index in [2.05, 4.69) is 9.80 Å². The minimum atomic E-state index is -0.289. The number of aliphatic hydroxyl groups is 1. The molecule has 2 aromatic carbocycles. The van der Waals surface area contributed by atoms with E-state index in [1.54, 1.807) is 12.1 Å². The largest absolute Gasteiger partial charge is 0.396 e. The Balaban J connectivity index is 1.41. The van der Waals surface area contributed by atoms with Crippen molar-refractivity contribution in [2.45, 2.75) is 38.1 Å². The highest BCUT2D eigenvalue weighted by molar-refractivity contribution is 5.47. The maximum absolute atomic E-state index is 14.2. The van der Waals surface area contributed by atoms with Crippen molar-refractivity contribution >= 4 is 5.69 Å². The van der Waals surface area contributed by atoms with E-state index < -0.39 is 0 Å². The van der Waals surface area contributed by atoms with Crippen LogP contribution in [0.5, 0.6) is 0 Å². The molecule has 5 heteroatoms. The van der Waals surface area contributed by atoms with E-state index in [1.165, 1.54) is 12.1 Å². The summed E-state index contributed by atoms with van der Waals surface area (Å²) >= 11 is 0. The Hall–Kier alpha value is -1.98. The monoisotopic (exact) mass is 400 g/mol. The molecule has 1 atom stereocenters. The average Bonchev–Trinajstić information content (AvgIpc) is 2.76. The highest BCUT2D eigenvalue weighted by Crippen LogP contribution is 2.36. The normalized spacial score (nSPS) is 24.0. The van der Waals surface area contributed by atoms with E-state index in [0.717, 1.165) is 51.9 Å². The van der Waals surface area contributed by atoms with Gasteiger partial charge in [0.1, 0.15) is 11.6 Å². The maximum atomic E-state index is 14.2. The van der Waals surface area contributed by atoms with Gasteiger partial charge >= 0.3 is 0 Å². The van der Waals surface area contributed by atoms with Gasteiger partial charge in [-0.2, -0.15) is 0 Å². The number of halogens is 2. The lowest BCUT2D eigenvalue weighted by Gasteiger charge is -2.47. The number of likely N-dealkylation sites (tertiary alicyclic amines) is 1. The smallest absolute Gasteiger partial charge is 0.146 e. The second kappa shape index (κ2) is 8.80. The second-order valence-corrected chi connectivity index (χ2v) is 8.67. The number of nitrogens with zero attached hydrogens (tertiary/aromatic N) is 2. The Kier molecular flexibility index (Phi) is 6.16. The number of aliphatic hydroxyl groups excluding tert-OH is 1. The van der Waals surface area contributed by atoms with Crippen molar-refractivity contribution in [2.24, 2.45) is 5.41 Å². The predicted molar refractivity (Wildman–Crippen MR) is 112 cm³/mol. The molecular weight excluding hydrogens is 370 g/mol. The first-order valence-corrected chi connectivity index (χ1v) is 10.7. The minimum Gasteiger partial charge on any atom is -0.396 e. The molecule has 0 amide bonds. The summed E-state index contributed by atoms with van der Waals surface area (Å²) in [5.74, 6) is -0.344. The molecule has 0 aliphatic carbocycles. The standard InChI is InChI=1S/C24H30F2N2O/c25-21-7-2-1-6-19(21)16-24(18-29)12-5-13-28(17-24)20-10-14-27(15-11-20)23-9-4-3-8-22(23)26/h1-4,6-9,20,29H,5,10-18H2. The van der Waals surface area contributed by atoms with Gasteiger partial charge in [0.15, 0.2) is 0 Å². The maximum Gasteiger partial charge on any atom is 0.146 e. The first kappa shape index (κ1) is 20.3. The lowest BCUT2D eigenvalue weighted by Crippen LogP contribution is -2.53. The molecule has 2 aliphatic heterocycles. The third-order valence-corrected chi connectivity index (χ3v) is 6.72. The molecule has 2 aromatic rings. The number of anilines is 1. The van der Waals surface area contributed by atoms with Gasteiger partial charge in [0.05, 0.1) is 12.3 Å². The van der Waals surface area contributed by atoms with Crippen LogP contribution < -0.4 is 4.90 Å². The molecule has 0 aromatic heterocycles. The number of rotatable bonds is 5. The number of benzene rings is 2. The molecule has 3 nitrogen and oxygen atoms in total. The Morgan fingerprint density at radius 1 is 0.931 bits per heavy atom. The van der Waals surface area contributed by atoms with Crippen molar-refractivity contribution in [2.75, 3.05) is 37.7 Å². The molecule has 2 saturated heterocycles. The predicted octanol–water partition coefficient (Wildman–Crippen LogP) is 4.25. The third-order valence-electron chi connectivity index (χ3n) is 6.72. The number of piperidine rings is 2. The minimum absolute atomic E-state index is 0.0753. The Morgan fingerprint density at radius 2 is 1.62 bits per heavy atom. The topological polar surface area (TPSA) is 26.7 Å². The molecule has 0 bridgehead atoms. The molecule has 0 saturated carbocycles. The number of hydrogen-bond donors (Lipinski definition) is 1. The summed E-state index contributed by atoms with van der Waals surface area (Å²) in [7, 11) is 0. The Morgan fingerprint density at radius 3 is 2.31 bits per heavy atom. The molecule has 2 aliphatic rings. The first-order chi connectivity index (χ1) is 14.1. The molecule has 1 N–H and O–H groups in total. The van der Waals surface area contributed by atoms with Crippen LogP contribution in [0.2, 0.25) is 0 Å². The summed E-state index contributed by atoms with van der Waals surface area (Å²) in [4.78, 5) is 4.62. The van der Waals surface area contributed by atoms with Crippen molar-refractivity contribution in [3.05, 3.63) is 65.7 Å². The van der Waals surface area contributed by atoms with Crippen molar-refractivity contribution in [1.82, 2.24) is 4.90 Å². The fourth-order valence-corrected chi connectivity index (χ4v) is 5.11. The zero-order valence-electron chi connectivity index (χ0n) is 16.9. The van der Waals surface area contributed by atoms with Gasteiger partial charge in [-0.25, -0.2) is 8.78 Å². The van der Waals surface area contributed by atoms with Crippen LogP contribution in [-0.2, 0) is 6.42 Å². The van der Waals surface area contributed by atoms with Crippen LogP contribution in [0.4, 0.5) is 14.5 Å². The molecule has 1 unspecified atom stereocenters. The van der Waals surface area contributed by atoms with Crippen LogP contribution in [0, 0.1) is 17.0 Å². The lowest BCUT2D eigenvalue weighted by molar-refractivity contribution is 0.00682. The molecule has 0 spiro atoms. The van der Waals surface area contributed by atoms with Gasteiger partial charge in [0.2, 0.25) is 0 Å². The second-order valence-electron chi connectivity index (χ2n) is 8.67. The van der Waals surface area contributed by atoms with E-state index in [9.17, 15) is 13.9 Å². The van der Waals surface area contributed by atoms with Gasteiger partial charge in [0, 0.05) is 31.1 Å². The van der Waals surface area contributed by atoms with Crippen molar-refractivity contribution in [3.8, 4) is 0 Å². The summed E-state index contributed by atoms with van der Waals surface area (Å²) in [5.41, 5.74) is 1.09. The van der Waals surface area contributed by atoms with Gasteiger partial charge in [-0.15, -0.1) is 0 Å². The third kappa shape index (κ3) is 4.46. The summed E-state index contributed by atoms with van der Waals surface area (Å²) in [6.07, 6.45) is 4.47. The summed E-state index contributed by atoms with van der Waals surface area (Å²) in [6.45, 7) is 3.56. The van der Waals surface area contributed by atoms with Gasteiger partial charge < -0.3 is 10.0 Å². The fourth-order valence-electron chi connectivity index (χ4n) is 5.11. The number of para-hydroxylation sites is 1. The van der Waals surface area contributed by atoms with E-state index in [1.807, 2.05) is 24.3 Å².